The van der Waals surface area contributed by atoms with Crippen LogP contribution in [0.3, 0.4) is 0 Å². The first-order valence-electron chi connectivity index (χ1n) is 8.57. The van der Waals surface area contributed by atoms with E-state index in [1.165, 1.54) is 6.08 Å². The van der Waals surface area contributed by atoms with Crippen molar-refractivity contribution in [2.45, 2.75) is 6.54 Å². The van der Waals surface area contributed by atoms with Gasteiger partial charge in [-0.15, -0.1) is 0 Å². The Hall–Kier alpha value is -3.25. The predicted molar refractivity (Wildman–Crippen MR) is 109 cm³/mol. The highest BCUT2D eigenvalue weighted by Gasteiger charge is 2.05. The second kappa shape index (κ2) is 9.10. The van der Waals surface area contributed by atoms with Gasteiger partial charge in [0.2, 0.25) is 5.91 Å². The van der Waals surface area contributed by atoms with Crippen molar-refractivity contribution in [2.75, 3.05) is 14.2 Å². The molecule has 0 radical (unpaired) electrons. The van der Waals surface area contributed by atoms with Crippen molar-refractivity contribution in [1.29, 1.82) is 0 Å². The molecule has 7 heteroatoms. The number of nitrogens with zero attached hydrogens (tertiary/aromatic N) is 2. The standard InChI is InChI=1S/C21H20ClN3O3/c1-27-19-7-5-18(6-8-19)25-12-11-17(24-25)14-23-21(26)10-3-15-13-16(22)4-9-20(15)28-2/h3-13H,14H2,1-2H3,(H,23,26)/b10-3+. The fraction of sp³-hybridized carbons (Fsp3) is 0.143. The van der Waals surface area contributed by atoms with Gasteiger partial charge in [-0.1, -0.05) is 11.6 Å². The van der Waals surface area contributed by atoms with Crippen molar-refractivity contribution in [3.63, 3.8) is 0 Å². The van der Waals surface area contributed by atoms with E-state index in [0.29, 0.717) is 17.3 Å². The molecule has 1 aromatic heterocycles. The Balaban J connectivity index is 1.59. The van der Waals surface area contributed by atoms with Gasteiger partial charge in [-0.25, -0.2) is 4.68 Å². The lowest BCUT2D eigenvalue weighted by Gasteiger charge is -2.05. The molecule has 3 aromatic rings. The number of carbonyl (C=O) groups is 1. The number of rotatable bonds is 7. The minimum absolute atomic E-state index is 0.235. The summed E-state index contributed by atoms with van der Waals surface area (Å²) in [7, 11) is 3.19. The normalized spacial score (nSPS) is 10.8. The number of halogens is 1. The minimum atomic E-state index is -0.235. The summed E-state index contributed by atoms with van der Waals surface area (Å²) < 4.78 is 12.2. The van der Waals surface area contributed by atoms with E-state index in [1.807, 2.05) is 36.5 Å². The molecule has 0 fully saturated rings. The Morgan fingerprint density at radius 1 is 1.14 bits per heavy atom. The summed E-state index contributed by atoms with van der Waals surface area (Å²) in [6, 6.07) is 14.6. The van der Waals surface area contributed by atoms with Crippen LogP contribution in [-0.4, -0.2) is 29.9 Å². The lowest BCUT2D eigenvalue weighted by Crippen LogP contribution is -2.20. The molecule has 6 nitrogen and oxygen atoms in total. The van der Waals surface area contributed by atoms with Crippen LogP contribution in [0.2, 0.25) is 5.02 Å². The number of hydrogen-bond acceptors (Lipinski definition) is 4. The summed E-state index contributed by atoms with van der Waals surface area (Å²) in [5.74, 6) is 1.19. The van der Waals surface area contributed by atoms with Crippen LogP contribution in [0.25, 0.3) is 11.8 Å². The zero-order valence-electron chi connectivity index (χ0n) is 15.6. The van der Waals surface area contributed by atoms with Crippen molar-refractivity contribution in [3.05, 3.63) is 77.1 Å². The van der Waals surface area contributed by atoms with E-state index in [0.717, 1.165) is 22.7 Å². The second-order valence-corrected chi connectivity index (χ2v) is 6.32. The molecule has 3 rings (SSSR count). The van der Waals surface area contributed by atoms with Gasteiger partial charge in [-0.05, 0) is 54.6 Å². The van der Waals surface area contributed by atoms with Crippen LogP contribution in [0, 0.1) is 0 Å². The molecule has 1 amide bonds. The molecular formula is C21H20ClN3O3. The topological polar surface area (TPSA) is 65.4 Å². The summed E-state index contributed by atoms with van der Waals surface area (Å²) >= 11 is 5.99. The first-order valence-corrected chi connectivity index (χ1v) is 8.95. The highest BCUT2D eigenvalue weighted by Crippen LogP contribution is 2.23. The lowest BCUT2D eigenvalue weighted by atomic mass is 10.2. The number of aromatic nitrogens is 2. The Morgan fingerprint density at radius 2 is 1.93 bits per heavy atom. The summed E-state index contributed by atoms with van der Waals surface area (Å²) in [6.07, 6.45) is 4.95. The third-order valence-electron chi connectivity index (χ3n) is 4.03. The molecule has 0 aliphatic carbocycles. The van der Waals surface area contributed by atoms with Gasteiger partial charge in [-0.2, -0.15) is 5.10 Å². The highest BCUT2D eigenvalue weighted by atomic mass is 35.5. The van der Waals surface area contributed by atoms with Gasteiger partial charge < -0.3 is 14.8 Å². The number of benzene rings is 2. The van der Waals surface area contributed by atoms with Gasteiger partial charge >= 0.3 is 0 Å². The van der Waals surface area contributed by atoms with E-state index in [2.05, 4.69) is 10.4 Å². The number of nitrogens with one attached hydrogen (secondary N) is 1. The van der Waals surface area contributed by atoms with Crippen LogP contribution in [0.5, 0.6) is 11.5 Å². The quantitative estimate of drug-likeness (QED) is 0.614. The molecular weight excluding hydrogens is 378 g/mol. The monoisotopic (exact) mass is 397 g/mol. The van der Waals surface area contributed by atoms with Crippen LogP contribution >= 0.6 is 11.6 Å². The van der Waals surface area contributed by atoms with Gasteiger partial charge in [0, 0.05) is 22.9 Å². The molecule has 0 aliphatic rings. The minimum Gasteiger partial charge on any atom is -0.497 e. The number of ether oxygens (including phenoxy) is 2. The number of hydrogen-bond donors (Lipinski definition) is 1. The fourth-order valence-electron chi connectivity index (χ4n) is 2.57. The Morgan fingerprint density at radius 3 is 2.64 bits per heavy atom. The third-order valence-corrected chi connectivity index (χ3v) is 4.27. The zero-order chi connectivity index (χ0) is 19.9. The molecule has 144 valence electrons. The van der Waals surface area contributed by atoms with Crippen molar-refractivity contribution in [3.8, 4) is 17.2 Å². The van der Waals surface area contributed by atoms with Crippen molar-refractivity contribution in [1.82, 2.24) is 15.1 Å². The SMILES string of the molecule is COc1ccc(-n2ccc(CNC(=O)/C=C/c3cc(Cl)ccc3OC)n2)cc1. The first-order chi connectivity index (χ1) is 13.6. The largest absolute Gasteiger partial charge is 0.497 e. The molecule has 1 N–H and O–H groups in total. The summed E-state index contributed by atoms with van der Waals surface area (Å²) in [5.41, 5.74) is 2.39. The molecule has 0 saturated heterocycles. The lowest BCUT2D eigenvalue weighted by molar-refractivity contribution is -0.116. The molecule has 0 saturated carbocycles. The number of methoxy groups -OCH3 is 2. The molecule has 2 aromatic carbocycles. The van der Waals surface area contributed by atoms with E-state index in [-0.39, 0.29) is 5.91 Å². The second-order valence-electron chi connectivity index (χ2n) is 5.89. The molecule has 0 unspecified atom stereocenters. The van der Waals surface area contributed by atoms with E-state index < -0.39 is 0 Å². The Labute approximate surface area is 168 Å². The maximum absolute atomic E-state index is 12.1. The van der Waals surface area contributed by atoms with Gasteiger partial charge in [0.25, 0.3) is 0 Å². The molecule has 1 heterocycles. The smallest absolute Gasteiger partial charge is 0.244 e. The average Bonchev–Trinajstić information content (AvgIpc) is 3.20. The zero-order valence-corrected chi connectivity index (χ0v) is 16.3. The van der Waals surface area contributed by atoms with Crippen LogP contribution in [0.1, 0.15) is 11.3 Å². The maximum atomic E-state index is 12.1. The van der Waals surface area contributed by atoms with Gasteiger partial charge in [0.05, 0.1) is 32.1 Å². The van der Waals surface area contributed by atoms with E-state index >= 15 is 0 Å². The fourth-order valence-corrected chi connectivity index (χ4v) is 2.75. The van der Waals surface area contributed by atoms with Crippen molar-refractivity contribution in [2.24, 2.45) is 0 Å². The van der Waals surface area contributed by atoms with Crippen molar-refractivity contribution >= 4 is 23.6 Å². The first kappa shape index (κ1) is 19.5. The predicted octanol–water partition coefficient (Wildman–Crippen LogP) is 3.87. The molecule has 0 bridgehead atoms. The summed E-state index contributed by atoms with van der Waals surface area (Å²) in [6.45, 7) is 0.318. The van der Waals surface area contributed by atoms with Crippen LogP contribution in [0.15, 0.2) is 60.8 Å². The molecule has 0 aliphatic heterocycles. The van der Waals surface area contributed by atoms with Crippen LogP contribution < -0.4 is 14.8 Å². The van der Waals surface area contributed by atoms with Gasteiger partial charge in [0.15, 0.2) is 0 Å². The van der Waals surface area contributed by atoms with Crippen LogP contribution in [0.4, 0.5) is 0 Å². The number of carbonyl (C=O) groups excluding carboxylic acids is 1. The van der Waals surface area contributed by atoms with Gasteiger partial charge in [0.1, 0.15) is 11.5 Å². The van der Waals surface area contributed by atoms with Crippen molar-refractivity contribution < 1.29 is 14.3 Å². The Bertz CT molecular complexity index is 981. The van der Waals surface area contributed by atoms with E-state index in [1.54, 1.807) is 43.2 Å². The molecule has 0 atom stereocenters. The third kappa shape index (κ3) is 4.92. The highest BCUT2D eigenvalue weighted by molar-refractivity contribution is 6.30. The van der Waals surface area contributed by atoms with Gasteiger partial charge in [-0.3, -0.25) is 4.79 Å². The van der Waals surface area contributed by atoms with Crippen LogP contribution in [-0.2, 0) is 11.3 Å². The van der Waals surface area contributed by atoms with E-state index in [4.69, 9.17) is 21.1 Å². The summed E-state index contributed by atoms with van der Waals surface area (Å²) in [4.78, 5) is 12.1. The average molecular weight is 398 g/mol. The molecule has 28 heavy (non-hydrogen) atoms. The summed E-state index contributed by atoms with van der Waals surface area (Å²) in [5, 5.41) is 7.85. The maximum Gasteiger partial charge on any atom is 0.244 e. The Kier molecular flexibility index (Phi) is 6.34. The van der Waals surface area contributed by atoms with E-state index in [9.17, 15) is 4.79 Å². The number of amides is 1. The molecule has 0 spiro atoms.